The molecule has 0 spiro atoms. The summed E-state index contributed by atoms with van der Waals surface area (Å²) in [5.74, 6) is -1.02. The Kier molecular flexibility index (Phi) is 37.3. The molecule has 344 valence electrons. The molecular formula is C44H74O14P2. The zero-order valence-electron chi connectivity index (χ0n) is 36.0. The highest BCUT2D eigenvalue weighted by Gasteiger charge is 2.28. The molecule has 0 fully saturated rings. The van der Waals surface area contributed by atoms with Crippen molar-refractivity contribution < 1.29 is 66.3 Å². The Morgan fingerprint density at radius 1 is 0.533 bits per heavy atom. The molecule has 4 N–H and O–H groups in total. The number of carbonyl (C=O) groups excluding carboxylic acids is 3. The molecule has 0 amide bonds. The monoisotopic (exact) mass is 888 g/mol. The van der Waals surface area contributed by atoms with Gasteiger partial charge >= 0.3 is 27.6 Å². The SMILES string of the molecule is CCCCC/C=C\C/C=C\C/C=C\C/C=C\CCCC(=O)OC[C@H](COP(=O)(O)OC[C@@H](O)COP(=O)(O)O)OC(=O)CCCCCCC/C=C\C=C\C(=O)CCCCC. The van der Waals surface area contributed by atoms with E-state index in [0.29, 0.717) is 25.7 Å². The number of ether oxygens (including phenoxy) is 2. The summed E-state index contributed by atoms with van der Waals surface area (Å²) in [5, 5.41) is 9.74. The number of rotatable bonds is 40. The van der Waals surface area contributed by atoms with Crippen molar-refractivity contribution in [3.8, 4) is 0 Å². The van der Waals surface area contributed by atoms with E-state index in [0.717, 1.165) is 77.0 Å². The van der Waals surface area contributed by atoms with Crippen LogP contribution in [0.5, 0.6) is 0 Å². The van der Waals surface area contributed by atoms with Gasteiger partial charge in [0.05, 0.1) is 19.8 Å². The number of esters is 2. The average molecular weight is 889 g/mol. The van der Waals surface area contributed by atoms with Crippen LogP contribution in [0.3, 0.4) is 0 Å². The molecule has 0 aromatic rings. The minimum Gasteiger partial charge on any atom is -0.462 e. The number of phosphoric ester groups is 2. The number of aliphatic hydroxyl groups excluding tert-OH is 1. The van der Waals surface area contributed by atoms with Gasteiger partial charge in [-0.1, -0.05) is 126 Å². The summed E-state index contributed by atoms with van der Waals surface area (Å²) in [5.41, 5.74) is 0. The first-order valence-electron chi connectivity index (χ1n) is 21.6. The van der Waals surface area contributed by atoms with Crippen LogP contribution in [-0.4, -0.2) is 76.1 Å². The van der Waals surface area contributed by atoms with Crippen molar-refractivity contribution in [1.82, 2.24) is 0 Å². The van der Waals surface area contributed by atoms with Gasteiger partial charge in [0.1, 0.15) is 12.7 Å². The number of hydrogen-bond acceptors (Lipinski definition) is 11. The van der Waals surface area contributed by atoms with Gasteiger partial charge in [-0.05, 0) is 76.7 Å². The Hall–Kier alpha value is -2.77. The quantitative estimate of drug-likeness (QED) is 0.0113. The molecule has 0 heterocycles. The first-order valence-corrected chi connectivity index (χ1v) is 24.6. The van der Waals surface area contributed by atoms with Gasteiger partial charge in [-0.2, -0.15) is 0 Å². The lowest BCUT2D eigenvalue weighted by molar-refractivity contribution is -0.161. The van der Waals surface area contributed by atoms with E-state index in [4.69, 9.17) is 23.8 Å². The summed E-state index contributed by atoms with van der Waals surface area (Å²) in [6.07, 6.45) is 38.8. The Balaban J connectivity index is 4.69. The molecule has 0 saturated carbocycles. The first-order chi connectivity index (χ1) is 28.8. The van der Waals surface area contributed by atoms with Crippen LogP contribution in [0.2, 0.25) is 0 Å². The van der Waals surface area contributed by atoms with E-state index in [1.165, 1.54) is 19.3 Å². The standard InChI is InChI=1S/C44H74O14P2/c1-3-5-7-8-9-10-11-12-13-14-15-16-17-20-23-26-30-34-43(47)54-38-42(39-57-60(52,53)56-37-41(46)36-55-59(49,50)51)58-44(48)35-31-27-24-21-18-19-22-25-29-33-40(45)32-28-6-4-2/h9-10,12-13,15-16,20,22-23,25,29,33,41-42,46H,3-8,11,14,17-19,21,24,26-28,30-32,34-39H2,1-2H3,(H,52,53)(H2,49,50,51)/b10-9-,13-12-,16-15-,23-20-,25-22-,33-29+/t41-,42+/m0/s1. The largest absolute Gasteiger partial charge is 0.472 e. The molecule has 14 nitrogen and oxygen atoms in total. The van der Waals surface area contributed by atoms with Crippen LogP contribution in [0.4, 0.5) is 0 Å². The van der Waals surface area contributed by atoms with Crippen molar-refractivity contribution in [2.45, 2.75) is 161 Å². The lowest BCUT2D eigenvalue weighted by atomic mass is 10.1. The predicted octanol–water partition coefficient (Wildman–Crippen LogP) is 10.2. The van der Waals surface area contributed by atoms with Crippen molar-refractivity contribution in [2.24, 2.45) is 0 Å². The normalized spacial score (nSPS) is 14.6. The van der Waals surface area contributed by atoms with Gasteiger partial charge in [0.25, 0.3) is 0 Å². The second kappa shape index (κ2) is 39.1. The van der Waals surface area contributed by atoms with Crippen LogP contribution >= 0.6 is 15.6 Å². The molecule has 1 unspecified atom stereocenters. The highest BCUT2D eigenvalue weighted by molar-refractivity contribution is 7.47. The topological polar surface area (TPSA) is 212 Å². The minimum absolute atomic E-state index is 0.0650. The van der Waals surface area contributed by atoms with Gasteiger partial charge in [-0.25, -0.2) is 9.13 Å². The minimum atomic E-state index is -4.88. The number of aliphatic hydroxyl groups is 1. The molecule has 0 saturated heterocycles. The maximum Gasteiger partial charge on any atom is 0.472 e. The number of carbonyl (C=O) groups is 3. The second-order valence-electron chi connectivity index (χ2n) is 14.3. The molecule has 0 aliphatic carbocycles. The zero-order valence-corrected chi connectivity index (χ0v) is 37.8. The summed E-state index contributed by atoms with van der Waals surface area (Å²) < 4.78 is 47.6. The number of unbranched alkanes of at least 4 members (excludes halogenated alkanes) is 11. The van der Waals surface area contributed by atoms with Crippen molar-refractivity contribution in [3.05, 3.63) is 72.9 Å². The molecular weight excluding hydrogens is 814 g/mol. The third-order valence-corrected chi connectivity index (χ3v) is 9.97. The zero-order chi connectivity index (χ0) is 44.6. The number of ketones is 1. The Morgan fingerprint density at radius 3 is 1.68 bits per heavy atom. The fourth-order valence-electron chi connectivity index (χ4n) is 5.20. The maximum atomic E-state index is 12.6. The van der Waals surface area contributed by atoms with Gasteiger partial charge in [0.2, 0.25) is 0 Å². The third kappa shape index (κ3) is 41.9. The van der Waals surface area contributed by atoms with E-state index in [-0.39, 0.29) is 18.6 Å². The van der Waals surface area contributed by atoms with Crippen LogP contribution in [0, 0.1) is 0 Å². The van der Waals surface area contributed by atoms with Crippen LogP contribution < -0.4 is 0 Å². The fraction of sp³-hybridized carbons (Fsp3) is 0.659. The highest BCUT2D eigenvalue weighted by atomic mass is 31.2. The van der Waals surface area contributed by atoms with E-state index in [9.17, 15) is 33.5 Å². The van der Waals surface area contributed by atoms with E-state index < -0.39 is 66.2 Å². The summed E-state index contributed by atoms with van der Waals surface area (Å²) in [6, 6.07) is 0. The molecule has 60 heavy (non-hydrogen) atoms. The molecule has 16 heteroatoms. The average Bonchev–Trinajstić information content (AvgIpc) is 3.20. The van der Waals surface area contributed by atoms with Gasteiger partial charge in [0.15, 0.2) is 11.9 Å². The van der Waals surface area contributed by atoms with Crippen molar-refractivity contribution in [2.75, 3.05) is 26.4 Å². The van der Waals surface area contributed by atoms with E-state index in [1.807, 2.05) is 24.3 Å². The Morgan fingerprint density at radius 2 is 1.03 bits per heavy atom. The summed E-state index contributed by atoms with van der Waals surface area (Å²) >= 11 is 0. The lowest BCUT2D eigenvalue weighted by Gasteiger charge is -2.20. The van der Waals surface area contributed by atoms with Crippen molar-refractivity contribution in [3.63, 3.8) is 0 Å². The molecule has 0 aliphatic heterocycles. The molecule has 0 radical (unpaired) electrons. The van der Waals surface area contributed by atoms with Crippen LogP contribution in [-0.2, 0) is 46.6 Å². The summed E-state index contributed by atoms with van der Waals surface area (Å²) in [4.78, 5) is 64.4. The highest BCUT2D eigenvalue weighted by Crippen LogP contribution is 2.43. The van der Waals surface area contributed by atoms with E-state index >= 15 is 0 Å². The van der Waals surface area contributed by atoms with Crippen molar-refractivity contribution >= 4 is 33.4 Å². The molecule has 3 atom stereocenters. The van der Waals surface area contributed by atoms with Gasteiger partial charge < -0.3 is 29.3 Å². The molecule has 0 aliphatic rings. The van der Waals surface area contributed by atoms with E-state index in [2.05, 4.69) is 59.4 Å². The number of hydrogen-bond donors (Lipinski definition) is 4. The van der Waals surface area contributed by atoms with Gasteiger partial charge in [-0.15, -0.1) is 0 Å². The Bertz CT molecular complexity index is 1400. The van der Waals surface area contributed by atoms with Crippen LogP contribution in [0.25, 0.3) is 0 Å². The molecule has 0 rings (SSSR count). The van der Waals surface area contributed by atoms with Crippen LogP contribution in [0.15, 0.2) is 72.9 Å². The van der Waals surface area contributed by atoms with Crippen molar-refractivity contribution in [1.29, 1.82) is 0 Å². The maximum absolute atomic E-state index is 12.6. The van der Waals surface area contributed by atoms with Gasteiger partial charge in [0, 0.05) is 19.3 Å². The molecule has 0 aromatic heterocycles. The first kappa shape index (κ1) is 57.2. The number of phosphoric acid groups is 2. The second-order valence-corrected chi connectivity index (χ2v) is 17.0. The van der Waals surface area contributed by atoms with Gasteiger partial charge in [-0.3, -0.25) is 28.0 Å². The van der Waals surface area contributed by atoms with Crippen LogP contribution in [0.1, 0.15) is 149 Å². The smallest absolute Gasteiger partial charge is 0.462 e. The predicted molar refractivity (Wildman–Crippen MR) is 235 cm³/mol. The molecule has 0 aromatic carbocycles. The van der Waals surface area contributed by atoms with E-state index in [1.54, 1.807) is 12.2 Å². The molecule has 0 bridgehead atoms. The summed E-state index contributed by atoms with van der Waals surface area (Å²) in [6.45, 7) is 1.45. The fourth-order valence-corrected chi connectivity index (χ4v) is 6.36. The lowest BCUT2D eigenvalue weighted by Crippen LogP contribution is -2.30. The third-order valence-electron chi connectivity index (χ3n) is 8.53. The number of allylic oxidation sites excluding steroid dienone is 12. The summed E-state index contributed by atoms with van der Waals surface area (Å²) in [7, 11) is -9.72. The Labute approximate surface area is 359 Å².